The Balaban J connectivity index is 1.32. The summed E-state index contributed by atoms with van der Waals surface area (Å²) in [7, 11) is 0. The van der Waals surface area contributed by atoms with Crippen molar-refractivity contribution in [1.82, 2.24) is 9.66 Å². The topological polar surface area (TPSA) is 84.2 Å². The van der Waals surface area contributed by atoms with Gasteiger partial charge >= 0.3 is 0 Å². The standard InChI is InChI=1S/C31H29Br2N3O5/c1-2-38-28-13-21(24(33)15-29(28)39-17-19-8-11-26-27(12-19)41-18-40-26)16-34-36-30(20-6-4-3-5-7-20)35-25-10-9-22(32)14-23(25)31(36)37/h8-16,20H,2-7,17-18H2,1H3. The van der Waals surface area contributed by atoms with E-state index in [1.807, 2.05) is 49.4 Å². The predicted molar refractivity (Wildman–Crippen MR) is 165 cm³/mol. The average Bonchev–Trinajstić information content (AvgIpc) is 3.46. The zero-order valence-corrected chi connectivity index (χ0v) is 25.7. The molecule has 0 radical (unpaired) electrons. The van der Waals surface area contributed by atoms with Gasteiger partial charge in [-0.25, -0.2) is 4.98 Å². The number of benzene rings is 3. The van der Waals surface area contributed by atoms with Crippen molar-refractivity contribution in [3.05, 3.63) is 84.8 Å². The monoisotopic (exact) mass is 681 g/mol. The molecule has 0 N–H and O–H groups in total. The van der Waals surface area contributed by atoms with Crippen LogP contribution in [0.3, 0.4) is 0 Å². The maximum Gasteiger partial charge on any atom is 0.282 e. The lowest BCUT2D eigenvalue weighted by atomic mass is 9.88. The molecule has 0 unspecified atom stereocenters. The van der Waals surface area contributed by atoms with E-state index < -0.39 is 0 Å². The van der Waals surface area contributed by atoms with Gasteiger partial charge in [0.2, 0.25) is 6.79 Å². The second-order valence-corrected chi connectivity index (χ2v) is 11.8. The molecule has 212 valence electrons. The highest BCUT2D eigenvalue weighted by atomic mass is 79.9. The lowest BCUT2D eigenvalue weighted by Crippen LogP contribution is -2.25. The van der Waals surface area contributed by atoms with E-state index >= 15 is 0 Å². The van der Waals surface area contributed by atoms with Crippen molar-refractivity contribution >= 4 is 49.0 Å². The van der Waals surface area contributed by atoms with Gasteiger partial charge in [-0.05, 0) is 83.7 Å². The molecular weight excluding hydrogens is 654 g/mol. The first-order valence-electron chi connectivity index (χ1n) is 13.7. The number of aromatic nitrogens is 2. The number of hydrogen-bond donors (Lipinski definition) is 0. The number of hydrogen-bond acceptors (Lipinski definition) is 7. The van der Waals surface area contributed by atoms with E-state index in [4.69, 9.17) is 29.0 Å². The molecule has 0 amide bonds. The zero-order chi connectivity index (χ0) is 28.3. The summed E-state index contributed by atoms with van der Waals surface area (Å²) in [6.07, 6.45) is 7.13. The molecule has 0 bridgehead atoms. The largest absolute Gasteiger partial charge is 0.490 e. The zero-order valence-electron chi connectivity index (χ0n) is 22.6. The lowest BCUT2D eigenvalue weighted by Gasteiger charge is -2.22. The summed E-state index contributed by atoms with van der Waals surface area (Å²) >= 11 is 7.15. The number of fused-ring (bicyclic) bond motifs is 2. The van der Waals surface area contributed by atoms with Crippen LogP contribution in [0.5, 0.6) is 23.0 Å². The third-order valence-corrected chi connectivity index (χ3v) is 8.49. The first kappa shape index (κ1) is 27.8. The Kier molecular flexibility index (Phi) is 8.30. The van der Waals surface area contributed by atoms with Crippen LogP contribution in [-0.4, -0.2) is 29.3 Å². The van der Waals surface area contributed by atoms with Crippen LogP contribution in [0.1, 0.15) is 61.9 Å². The molecule has 8 nitrogen and oxygen atoms in total. The highest BCUT2D eigenvalue weighted by Gasteiger charge is 2.23. The second kappa shape index (κ2) is 12.2. The van der Waals surface area contributed by atoms with Gasteiger partial charge in [0.1, 0.15) is 12.4 Å². The number of halogens is 2. The minimum Gasteiger partial charge on any atom is -0.490 e. The number of rotatable bonds is 8. The molecule has 1 fully saturated rings. The van der Waals surface area contributed by atoms with Crippen molar-refractivity contribution in [1.29, 1.82) is 0 Å². The summed E-state index contributed by atoms with van der Waals surface area (Å²) in [6.45, 7) is 2.94. The minimum absolute atomic E-state index is 0.182. The van der Waals surface area contributed by atoms with Crippen molar-refractivity contribution < 1.29 is 18.9 Å². The Morgan fingerprint density at radius 1 is 1.00 bits per heavy atom. The lowest BCUT2D eigenvalue weighted by molar-refractivity contribution is 0.174. The summed E-state index contributed by atoms with van der Waals surface area (Å²) in [5.41, 5.74) is 2.20. The average molecular weight is 683 g/mol. The normalized spacial score (nSPS) is 15.1. The molecule has 10 heteroatoms. The molecule has 1 aromatic heterocycles. The second-order valence-electron chi connectivity index (χ2n) is 10.1. The van der Waals surface area contributed by atoms with E-state index in [9.17, 15) is 4.79 Å². The smallest absolute Gasteiger partial charge is 0.282 e. The van der Waals surface area contributed by atoms with Crippen molar-refractivity contribution in [2.45, 2.75) is 51.6 Å². The van der Waals surface area contributed by atoms with Gasteiger partial charge in [-0.3, -0.25) is 4.79 Å². The van der Waals surface area contributed by atoms with Crippen LogP contribution in [0.15, 0.2) is 67.4 Å². The molecule has 1 aliphatic heterocycles. The summed E-state index contributed by atoms with van der Waals surface area (Å²) in [4.78, 5) is 18.6. The fraction of sp³-hybridized carbons (Fsp3) is 0.323. The fourth-order valence-corrected chi connectivity index (χ4v) is 6.03. The van der Waals surface area contributed by atoms with Crippen LogP contribution in [-0.2, 0) is 6.61 Å². The van der Waals surface area contributed by atoms with E-state index in [1.165, 1.54) is 11.1 Å². The SMILES string of the molecule is CCOc1cc(C=Nn2c(C3CCCCC3)nc3ccc(Br)cc3c2=O)c(Br)cc1OCc1ccc2c(c1)OCO2. The minimum atomic E-state index is -0.182. The first-order chi connectivity index (χ1) is 20.0. The van der Waals surface area contributed by atoms with Crippen molar-refractivity contribution in [2.24, 2.45) is 5.10 Å². The summed E-state index contributed by atoms with van der Waals surface area (Å²) < 4.78 is 26.0. The van der Waals surface area contributed by atoms with Gasteiger partial charge in [0, 0.05) is 20.4 Å². The molecule has 1 saturated carbocycles. The molecule has 3 aromatic carbocycles. The molecular formula is C31H29Br2N3O5. The quantitative estimate of drug-likeness (QED) is 0.178. The van der Waals surface area contributed by atoms with Gasteiger partial charge in [-0.1, -0.05) is 41.3 Å². The van der Waals surface area contributed by atoms with E-state index in [1.54, 1.807) is 12.3 Å². The maximum atomic E-state index is 13.7. The molecule has 6 rings (SSSR count). The van der Waals surface area contributed by atoms with Crippen LogP contribution >= 0.6 is 31.9 Å². The van der Waals surface area contributed by atoms with Crippen LogP contribution < -0.4 is 24.5 Å². The Bertz CT molecular complexity index is 1680. The van der Waals surface area contributed by atoms with Gasteiger partial charge in [0.25, 0.3) is 5.56 Å². The number of ether oxygens (including phenoxy) is 4. The van der Waals surface area contributed by atoms with Gasteiger partial charge in [0.05, 0.1) is 23.7 Å². The summed E-state index contributed by atoms with van der Waals surface area (Å²) in [5.74, 6) is 3.52. The predicted octanol–water partition coefficient (Wildman–Crippen LogP) is 7.56. The third-order valence-electron chi connectivity index (χ3n) is 7.31. The fourth-order valence-electron chi connectivity index (χ4n) is 5.25. The van der Waals surface area contributed by atoms with Crippen molar-refractivity contribution in [3.8, 4) is 23.0 Å². The van der Waals surface area contributed by atoms with E-state index in [0.717, 1.165) is 51.5 Å². The molecule has 2 heterocycles. The van der Waals surface area contributed by atoms with Crippen LogP contribution in [0, 0.1) is 0 Å². The van der Waals surface area contributed by atoms with E-state index in [0.29, 0.717) is 47.2 Å². The van der Waals surface area contributed by atoms with Crippen LogP contribution in [0.4, 0.5) is 0 Å². The Labute approximate surface area is 254 Å². The number of nitrogens with zero attached hydrogens (tertiary/aromatic N) is 3. The van der Waals surface area contributed by atoms with Gasteiger partial charge in [-0.15, -0.1) is 0 Å². The molecule has 0 atom stereocenters. The van der Waals surface area contributed by atoms with E-state index in [-0.39, 0.29) is 18.3 Å². The van der Waals surface area contributed by atoms with Gasteiger partial charge < -0.3 is 18.9 Å². The van der Waals surface area contributed by atoms with Gasteiger partial charge in [0.15, 0.2) is 23.0 Å². The van der Waals surface area contributed by atoms with Crippen molar-refractivity contribution in [3.63, 3.8) is 0 Å². The van der Waals surface area contributed by atoms with Crippen LogP contribution in [0.25, 0.3) is 10.9 Å². The molecule has 0 saturated heterocycles. The van der Waals surface area contributed by atoms with Gasteiger partial charge in [-0.2, -0.15) is 9.78 Å². The Morgan fingerprint density at radius 2 is 1.80 bits per heavy atom. The Morgan fingerprint density at radius 3 is 2.63 bits per heavy atom. The van der Waals surface area contributed by atoms with Crippen molar-refractivity contribution in [2.75, 3.05) is 13.4 Å². The van der Waals surface area contributed by atoms with Crippen LogP contribution in [0.2, 0.25) is 0 Å². The highest BCUT2D eigenvalue weighted by molar-refractivity contribution is 9.10. The molecule has 1 aliphatic carbocycles. The maximum absolute atomic E-state index is 13.7. The Hall–Kier alpha value is -3.37. The first-order valence-corrected chi connectivity index (χ1v) is 15.3. The molecule has 2 aliphatic rings. The summed E-state index contributed by atoms with van der Waals surface area (Å²) in [5, 5.41) is 5.22. The third kappa shape index (κ3) is 5.99. The molecule has 0 spiro atoms. The van der Waals surface area contributed by atoms with E-state index in [2.05, 4.69) is 31.9 Å². The highest BCUT2D eigenvalue weighted by Crippen LogP contribution is 2.36. The summed E-state index contributed by atoms with van der Waals surface area (Å²) in [6, 6.07) is 15.1. The molecule has 4 aromatic rings. The molecule has 41 heavy (non-hydrogen) atoms.